The Morgan fingerprint density at radius 2 is 1.82 bits per heavy atom. The minimum Gasteiger partial charge on any atom is -0.316 e. The summed E-state index contributed by atoms with van der Waals surface area (Å²) in [6.07, 6.45) is 2.38. The molecule has 0 bridgehead atoms. The van der Waals surface area contributed by atoms with Gasteiger partial charge in [0, 0.05) is 4.47 Å². The van der Waals surface area contributed by atoms with E-state index in [1.165, 1.54) is 18.4 Å². The van der Waals surface area contributed by atoms with E-state index in [0.29, 0.717) is 0 Å². The van der Waals surface area contributed by atoms with E-state index >= 15 is 0 Å². The lowest BCUT2D eigenvalue weighted by Crippen LogP contribution is -2.28. The second-order valence-corrected chi connectivity index (χ2v) is 5.95. The highest BCUT2D eigenvalue weighted by molar-refractivity contribution is 9.10. The third-order valence-electron chi connectivity index (χ3n) is 3.19. The fraction of sp³-hybridized carbons (Fsp3) is 0.600. The van der Waals surface area contributed by atoms with Crippen LogP contribution in [0.25, 0.3) is 0 Å². The zero-order valence-corrected chi connectivity index (χ0v) is 12.8. The van der Waals surface area contributed by atoms with Crippen molar-refractivity contribution in [2.75, 3.05) is 13.1 Å². The lowest BCUT2D eigenvalue weighted by atomic mass is 9.89. The van der Waals surface area contributed by atoms with Gasteiger partial charge in [-0.1, -0.05) is 48.8 Å². The fourth-order valence-corrected chi connectivity index (χ4v) is 2.20. The Bertz CT molecular complexity index is 305. The van der Waals surface area contributed by atoms with Gasteiger partial charge in [0.2, 0.25) is 0 Å². The summed E-state index contributed by atoms with van der Waals surface area (Å²) in [6, 6.07) is 8.71. The molecule has 96 valence electrons. The third kappa shape index (κ3) is 5.69. The summed E-state index contributed by atoms with van der Waals surface area (Å²) in [4.78, 5) is 0. The highest BCUT2D eigenvalue weighted by Gasteiger charge is 2.13. The Morgan fingerprint density at radius 3 is 2.35 bits per heavy atom. The van der Waals surface area contributed by atoms with Crippen LogP contribution in [0.3, 0.4) is 0 Å². The SMILES string of the molecule is CCCNCC(Cc1ccc(Br)cc1)C(C)C. The van der Waals surface area contributed by atoms with E-state index < -0.39 is 0 Å². The first kappa shape index (κ1) is 14.7. The zero-order valence-electron chi connectivity index (χ0n) is 11.2. The Hall–Kier alpha value is -0.340. The Labute approximate surface area is 114 Å². The van der Waals surface area contributed by atoms with Crippen LogP contribution in [0, 0.1) is 11.8 Å². The summed E-state index contributed by atoms with van der Waals surface area (Å²) < 4.78 is 1.16. The standard InChI is InChI=1S/C15H24BrN/c1-4-9-17-11-14(12(2)3)10-13-5-7-15(16)8-6-13/h5-8,12,14,17H,4,9-11H2,1-3H3. The average molecular weight is 298 g/mol. The summed E-state index contributed by atoms with van der Waals surface area (Å²) >= 11 is 3.48. The molecule has 0 amide bonds. The molecule has 17 heavy (non-hydrogen) atoms. The van der Waals surface area contributed by atoms with Crippen molar-refractivity contribution in [2.24, 2.45) is 11.8 Å². The molecule has 1 rings (SSSR count). The summed E-state index contributed by atoms with van der Waals surface area (Å²) in [5, 5.41) is 3.54. The van der Waals surface area contributed by atoms with Gasteiger partial charge in [-0.25, -0.2) is 0 Å². The highest BCUT2D eigenvalue weighted by atomic mass is 79.9. The molecule has 0 spiro atoms. The smallest absolute Gasteiger partial charge is 0.0175 e. The number of nitrogens with one attached hydrogen (secondary N) is 1. The first-order valence-electron chi connectivity index (χ1n) is 6.58. The van der Waals surface area contributed by atoms with Crippen molar-refractivity contribution < 1.29 is 0 Å². The summed E-state index contributed by atoms with van der Waals surface area (Å²) in [6.45, 7) is 9.10. The van der Waals surface area contributed by atoms with Crippen LogP contribution in [-0.2, 0) is 6.42 Å². The van der Waals surface area contributed by atoms with Crippen LogP contribution in [0.1, 0.15) is 32.8 Å². The van der Waals surface area contributed by atoms with Crippen molar-refractivity contribution in [3.05, 3.63) is 34.3 Å². The molecule has 1 atom stereocenters. The first-order valence-corrected chi connectivity index (χ1v) is 7.38. The van der Waals surface area contributed by atoms with Crippen molar-refractivity contribution in [2.45, 2.75) is 33.6 Å². The maximum atomic E-state index is 3.54. The molecule has 1 nitrogen and oxygen atoms in total. The van der Waals surface area contributed by atoms with Crippen molar-refractivity contribution in [3.8, 4) is 0 Å². The van der Waals surface area contributed by atoms with Gasteiger partial charge in [0.05, 0.1) is 0 Å². The largest absolute Gasteiger partial charge is 0.316 e. The van der Waals surface area contributed by atoms with E-state index in [1.54, 1.807) is 0 Å². The van der Waals surface area contributed by atoms with E-state index in [4.69, 9.17) is 0 Å². The lowest BCUT2D eigenvalue weighted by molar-refractivity contribution is 0.361. The van der Waals surface area contributed by atoms with Crippen LogP contribution in [0.15, 0.2) is 28.7 Å². The number of hydrogen-bond donors (Lipinski definition) is 1. The van der Waals surface area contributed by atoms with Gasteiger partial charge in [-0.3, -0.25) is 0 Å². The number of halogens is 1. The van der Waals surface area contributed by atoms with Crippen molar-refractivity contribution >= 4 is 15.9 Å². The molecular formula is C15H24BrN. The van der Waals surface area contributed by atoms with Gasteiger partial charge in [-0.05, 0) is 55.5 Å². The van der Waals surface area contributed by atoms with E-state index in [1.807, 2.05) is 0 Å². The molecule has 1 aromatic rings. The van der Waals surface area contributed by atoms with Crippen molar-refractivity contribution in [1.29, 1.82) is 0 Å². The van der Waals surface area contributed by atoms with Crippen molar-refractivity contribution in [3.63, 3.8) is 0 Å². The van der Waals surface area contributed by atoms with Gasteiger partial charge in [0.25, 0.3) is 0 Å². The van der Waals surface area contributed by atoms with Gasteiger partial charge < -0.3 is 5.32 Å². The molecule has 2 heteroatoms. The normalized spacial score (nSPS) is 13.0. The van der Waals surface area contributed by atoms with Gasteiger partial charge >= 0.3 is 0 Å². The van der Waals surface area contributed by atoms with Crippen LogP contribution in [0.5, 0.6) is 0 Å². The molecular weight excluding hydrogens is 274 g/mol. The number of hydrogen-bond acceptors (Lipinski definition) is 1. The zero-order chi connectivity index (χ0) is 12.7. The van der Waals surface area contributed by atoms with Gasteiger partial charge in [0.15, 0.2) is 0 Å². The predicted molar refractivity (Wildman–Crippen MR) is 79.3 cm³/mol. The molecule has 0 aliphatic carbocycles. The van der Waals surface area contributed by atoms with E-state index in [9.17, 15) is 0 Å². The fourth-order valence-electron chi connectivity index (χ4n) is 1.93. The summed E-state index contributed by atoms with van der Waals surface area (Å²) in [5.41, 5.74) is 1.44. The van der Waals surface area contributed by atoms with E-state index in [2.05, 4.69) is 66.3 Å². The van der Waals surface area contributed by atoms with Crippen molar-refractivity contribution in [1.82, 2.24) is 5.32 Å². The van der Waals surface area contributed by atoms with Crippen LogP contribution in [-0.4, -0.2) is 13.1 Å². The highest BCUT2D eigenvalue weighted by Crippen LogP contribution is 2.18. The monoisotopic (exact) mass is 297 g/mol. The Balaban J connectivity index is 2.51. The maximum absolute atomic E-state index is 3.54. The first-order chi connectivity index (χ1) is 8.13. The predicted octanol–water partition coefficient (Wildman–Crippen LogP) is 4.26. The van der Waals surface area contributed by atoms with Gasteiger partial charge in [0.1, 0.15) is 0 Å². The molecule has 0 saturated carbocycles. The molecule has 1 unspecified atom stereocenters. The minimum absolute atomic E-state index is 0.725. The Morgan fingerprint density at radius 1 is 1.18 bits per heavy atom. The van der Waals surface area contributed by atoms with Crippen LogP contribution in [0.4, 0.5) is 0 Å². The second kappa shape index (κ2) is 7.88. The Kier molecular flexibility index (Phi) is 6.83. The molecule has 1 N–H and O–H groups in total. The summed E-state index contributed by atoms with van der Waals surface area (Å²) in [5.74, 6) is 1.45. The average Bonchev–Trinajstić information content (AvgIpc) is 2.30. The molecule has 0 fully saturated rings. The molecule has 0 aliphatic rings. The quantitative estimate of drug-likeness (QED) is 0.742. The molecule has 0 heterocycles. The molecule has 0 radical (unpaired) electrons. The van der Waals surface area contributed by atoms with E-state index in [-0.39, 0.29) is 0 Å². The molecule has 0 aliphatic heterocycles. The van der Waals surface area contributed by atoms with Crippen LogP contribution < -0.4 is 5.32 Å². The van der Waals surface area contributed by atoms with E-state index in [0.717, 1.165) is 29.4 Å². The topological polar surface area (TPSA) is 12.0 Å². The number of benzene rings is 1. The van der Waals surface area contributed by atoms with Gasteiger partial charge in [-0.2, -0.15) is 0 Å². The maximum Gasteiger partial charge on any atom is 0.0175 e. The molecule has 0 saturated heterocycles. The lowest BCUT2D eigenvalue weighted by Gasteiger charge is -2.21. The molecule has 1 aromatic carbocycles. The second-order valence-electron chi connectivity index (χ2n) is 5.04. The minimum atomic E-state index is 0.725. The van der Waals surface area contributed by atoms with Crippen LogP contribution in [0.2, 0.25) is 0 Å². The van der Waals surface area contributed by atoms with Gasteiger partial charge in [-0.15, -0.1) is 0 Å². The third-order valence-corrected chi connectivity index (χ3v) is 3.72. The van der Waals surface area contributed by atoms with Crippen LogP contribution >= 0.6 is 15.9 Å². The summed E-state index contributed by atoms with van der Waals surface area (Å²) in [7, 11) is 0. The molecule has 0 aromatic heterocycles. The number of rotatable bonds is 7.